The maximum absolute atomic E-state index is 5.97. The fourth-order valence-corrected chi connectivity index (χ4v) is 2.25. The third-order valence-corrected chi connectivity index (χ3v) is 3.04. The fraction of sp³-hybridized carbons (Fsp3) is 0.643. The molecule has 18 heavy (non-hydrogen) atoms. The minimum atomic E-state index is 0.116. The second-order valence-electron chi connectivity index (χ2n) is 5.14. The summed E-state index contributed by atoms with van der Waals surface area (Å²) in [7, 11) is 0. The Morgan fingerprint density at radius 3 is 2.94 bits per heavy atom. The molecule has 0 bridgehead atoms. The van der Waals surface area contributed by atoms with Gasteiger partial charge in [-0.2, -0.15) is 0 Å². The van der Waals surface area contributed by atoms with Gasteiger partial charge in [0.05, 0.1) is 6.10 Å². The molecule has 0 amide bonds. The lowest BCUT2D eigenvalue weighted by molar-refractivity contribution is 0.127. The van der Waals surface area contributed by atoms with Crippen molar-refractivity contribution < 1.29 is 9.47 Å². The number of nitrogens with zero attached hydrogens (tertiary/aromatic N) is 1. The van der Waals surface area contributed by atoms with Crippen LogP contribution < -0.4 is 15.2 Å². The predicted molar refractivity (Wildman–Crippen MR) is 70.9 cm³/mol. The standard InChI is InChI=1S/C14H22N2O2/c1-10(2)17-13-7-4-8-16-14(13)18-12-6-3-5-11(15)9-12/h4,7-8,10-12H,3,5-6,9,15H2,1-2H3. The first-order valence-electron chi connectivity index (χ1n) is 6.69. The predicted octanol–water partition coefficient (Wildman–Crippen LogP) is 2.52. The van der Waals surface area contributed by atoms with E-state index in [2.05, 4.69) is 4.98 Å². The van der Waals surface area contributed by atoms with E-state index in [0.29, 0.717) is 11.6 Å². The number of aromatic nitrogens is 1. The zero-order chi connectivity index (χ0) is 13.0. The van der Waals surface area contributed by atoms with Crippen molar-refractivity contribution in [2.45, 2.75) is 57.8 Å². The zero-order valence-corrected chi connectivity index (χ0v) is 11.1. The molecule has 0 saturated heterocycles. The average Bonchev–Trinajstić information content (AvgIpc) is 2.31. The van der Waals surface area contributed by atoms with Gasteiger partial charge in [0.1, 0.15) is 6.10 Å². The van der Waals surface area contributed by atoms with Crippen LogP contribution in [-0.4, -0.2) is 23.2 Å². The van der Waals surface area contributed by atoms with Crippen LogP contribution in [0.3, 0.4) is 0 Å². The van der Waals surface area contributed by atoms with Crippen LogP contribution in [0.2, 0.25) is 0 Å². The van der Waals surface area contributed by atoms with Crippen molar-refractivity contribution in [1.29, 1.82) is 0 Å². The highest BCUT2D eigenvalue weighted by Crippen LogP contribution is 2.29. The van der Waals surface area contributed by atoms with E-state index < -0.39 is 0 Å². The summed E-state index contributed by atoms with van der Waals surface area (Å²) in [5, 5.41) is 0. The summed E-state index contributed by atoms with van der Waals surface area (Å²) in [5.41, 5.74) is 5.97. The highest BCUT2D eigenvalue weighted by molar-refractivity contribution is 5.32. The Hall–Kier alpha value is -1.29. The average molecular weight is 250 g/mol. The van der Waals surface area contributed by atoms with Gasteiger partial charge in [-0.3, -0.25) is 0 Å². The number of nitrogens with two attached hydrogens (primary N) is 1. The van der Waals surface area contributed by atoms with E-state index >= 15 is 0 Å². The minimum Gasteiger partial charge on any atom is -0.485 e. The summed E-state index contributed by atoms with van der Waals surface area (Å²) < 4.78 is 11.6. The molecule has 2 N–H and O–H groups in total. The second-order valence-corrected chi connectivity index (χ2v) is 5.14. The maximum Gasteiger partial charge on any atom is 0.257 e. The minimum absolute atomic E-state index is 0.116. The molecular formula is C14H22N2O2. The van der Waals surface area contributed by atoms with Crippen LogP contribution in [0, 0.1) is 0 Å². The van der Waals surface area contributed by atoms with Crippen molar-refractivity contribution in [3.05, 3.63) is 18.3 Å². The molecule has 100 valence electrons. The first-order valence-corrected chi connectivity index (χ1v) is 6.69. The summed E-state index contributed by atoms with van der Waals surface area (Å²) in [5.74, 6) is 1.30. The van der Waals surface area contributed by atoms with Crippen LogP contribution in [-0.2, 0) is 0 Å². The molecule has 2 unspecified atom stereocenters. The van der Waals surface area contributed by atoms with Crippen molar-refractivity contribution in [2.75, 3.05) is 0 Å². The summed E-state index contributed by atoms with van der Waals surface area (Å²) in [6.45, 7) is 3.99. The molecule has 0 radical (unpaired) electrons. The summed E-state index contributed by atoms with van der Waals surface area (Å²) in [4.78, 5) is 4.26. The molecule has 0 spiro atoms. The Bertz CT molecular complexity index is 382. The Kier molecular flexibility index (Phi) is 4.42. The van der Waals surface area contributed by atoms with Crippen LogP contribution in [0.1, 0.15) is 39.5 Å². The lowest BCUT2D eigenvalue weighted by Crippen LogP contribution is -2.34. The van der Waals surface area contributed by atoms with Gasteiger partial charge in [-0.15, -0.1) is 0 Å². The number of hydrogen-bond acceptors (Lipinski definition) is 4. The molecule has 2 rings (SSSR count). The quantitative estimate of drug-likeness (QED) is 0.892. The largest absolute Gasteiger partial charge is 0.485 e. The van der Waals surface area contributed by atoms with Crippen LogP contribution in [0.15, 0.2) is 18.3 Å². The SMILES string of the molecule is CC(C)Oc1cccnc1OC1CCCC(N)C1. The van der Waals surface area contributed by atoms with Gasteiger partial charge < -0.3 is 15.2 Å². The van der Waals surface area contributed by atoms with E-state index in [4.69, 9.17) is 15.2 Å². The van der Waals surface area contributed by atoms with Gasteiger partial charge in [-0.25, -0.2) is 4.98 Å². The van der Waals surface area contributed by atoms with Gasteiger partial charge in [0.2, 0.25) is 0 Å². The highest BCUT2D eigenvalue weighted by atomic mass is 16.5. The first-order chi connectivity index (χ1) is 8.65. The molecule has 1 saturated carbocycles. The zero-order valence-electron chi connectivity index (χ0n) is 11.1. The molecule has 1 fully saturated rings. The monoisotopic (exact) mass is 250 g/mol. The van der Waals surface area contributed by atoms with Crippen molar-refractivity contribution in [1.82, 2.24) is 4.98 Å². The molecule has 1 aromatic heterocycles. The summed E-state index contributed by atoms with van der Waals surface area (Å²) in [6.07, 6.45) is 6.17. The van der Waals surface area contributed by atoms with E-state index in [0.717, 1.165) is 25.7 Å². The van der Waals surface area contributed by atoms with Crippen molar-refractivity contribution in [3.8, 4) is 11.6 Å². The van der Waals surface area contributed by atoms with Gasteiger partial charge in [0.25, 0.3) is 5.88 Å². The maximum atomic E-state index is 5.97. The number of hydrogen-bond donors (Lipinski definition) is 1. The smallest absolute Gasteiger partial charge is 0.257 e. The van der Waals surface area contributed by atoms with E-state index in [1.165, 1.54) is 0 Å². The molecule has 1 aliphatic rings. The van der Waals surface area contributed by atoms with Crippen molar-refractivity contribution in [3.63, 3.8) is 0 Å². The molecule has 1 heterocycles. The lowest BCUT2D eigenvalue weighted by atomic mass is 9.94. The molecule has 1 aromatic rings. The topological polar surface area (TPSA) is 57.4 Å². The van der Waals surface area contributed by atoms with Crippen LogP contribution >= 0.6 is 0 Å². The lowest BCUT2D eigenvalue weighted by Gasteiger charge is -2.27. The molecule has 0 aromatic carbocycles. The number of rotatable bonds is 4. The van der Waals surface area contributed by atoms with E-state index in [-0.39, 0.29) is 18.2 Å². The second kappa shape index (κ2) is 6.05. The van der Waals surface area contributed by atoms with Crippen LogP contribution in [0.25, 0.3) is 0 Å². The Balaban J connectivity index is 2.03. The van der Waals surface area contributed by atoms with Crippen LogP contribution in [0.4, 0.5) is 0 Å². The highest BCUT2D eigenvalue weighted by Gasteiger charge is 2.22. The Morgan fingerprint density at radius 2 is 2.22 bits per heavy atom. The van der Waals surface area contributed by atoms with Gasteiger partial charge in [-0.1, -0.05) is 0 Å². The normalized spacial score (nSPS) is 24.0. The van der Waals surface area contributed by atoms with Crippen molar-refractivity contribution in [2.24, 2.45) is 5.73 Å². The van der Waals surface area contributed by atoms with Gasteiger partial charge >= 0.3 is 0 Å². The molecule has 1 aliphatic carbocycles. The Morgan fingerprint density at radius 1 is 1.39 bits per heavy atom. The third-order valence-electron chi connectivity index (χ3n) is 3.04. The number of pyridine rings is 1. The fourth-order valence-electron chi connectivity index (χ4n) is 2.25. The van der Waals surface area contributed by atoms with Gasteiger partial charge in [0.15, 0.2) is 5.75 Å². The van der Waals surface area contributed by atoms with Gasteiger partial charge in [-0.05, 0) is 51.7 Å². The molecule has 0 aliphatic heterocycles. The molecular weight excluding hydrogens is 228 g/mol. The van der Waals surface area contributed by atoms with Crippen LogP contribution in [0.5, 0.6) is 11.6 Å². The molecule has 2 atom stereocenters. The van der Waals surface area contributed by atoms with E-state index in [1.807, 2.05) is 26.0 Å². The van der Waals surface area contributed by atoms with Gasteiger partial charge in [0, 0.05) is 12.2 Å². The van der Waals surface area contributed by atoms with E-state index in [9.17, 15) is 0 Å². The molecule has 4 heteroatoms. The Labute approximate surface area is 108 Å². The number of ether oxygens (including phenoxy) is 2. The first kappa shape index (κ1) is 13.1. The van der Waals surface area contributed by atoms with E-state index in [1.54, 1.807) is 6.20 Å². The molecule has 4 nitrogen and oxygen atoms in total. The third kappa shape index (κ3) is 3.60. The van der Waals surface area contributed by atoms with Crippen molar-refractivity contribution >= 4 is 0 Å². The summed E-state index contributed by atoms with van der Waals surface area (Å²) in [6, 6.07) is 4.00. The summed E-state index contributed by atoms with van der Waals surface area (Å²) >= 11 is 0.